The summed E-state index contributed by atoms with van der Waals surface area (Å²) in [6, 6.07) is 5.60. The second-order valence-electron chi connectivity index (χ2n) is 9.47. The number of rotatable bonds is 20. The largest absolute Gasteiger partial charge is 0.516 e. The van der Waals surface area contributed by atoms with Gasteiger partial charge in [0, 0.05) is 0 Å². The van der Waals surface area contributed by atoms with E-state index in [1.54, 1.807) is 0 Å². The Balaban J connectivity index is 2.32. The molecule has 0 N–H and O–H groups in total. The van der Waals surface area contributed by atoms with Crippen molar-refractivity contribution >= 4 is 24.2 Å². The summed E-state index contributed by atoms with van der Waals surface area (Å²) in [5, 5.41) is 0. The van der Waals surface area contributed by atoms with E-state index in [1.165, 1.54) is 75.6 Å². The molecule has 0 spiro atoms. The van der Waals surface area contributed by atoms with Crippen molar-refractivity contribution in [2.24, 2.45) is 0 Å². The van der Waals surface area contributed by atoms with Gasteiger partial charge in [-0.15, -0.1) is 0 Å². The lowest BCUT2D eigenvalue weighted by Gasteiger charge is -2.09. The average Bonchev–Trinajstić information content (AvgIpc) is 2.91. The van der Waals surface area contributed by atoms with E-state index in [9.17, 15) is 19.2 Å². The molecule has 0 bridgehead atoms. The predicted molar refractivity (Wildman–Crippen MR) is 145 cm³/mol. The zero-order chi connectivity index (χ0) is 27.8. The summed E-state index contributed by atoms with van der Waals surface area (Å²) in [5.41, 5.74) is -0.421. The molecule has 8 nitrogen and oxygen atoms in total. The van der Waals surface area contributed by atoms with Crippen LogP contribution in [0.2, 0.25) is 0 Å². The second kappa shape index (κ2) is 22.1. The van der Waals surface area contributed by atoms with Crippen LogP contribution in [0.3, 0.4) is 0 Å². The fourth-order valence-electron chi connectivity index (χ4n) is 3.94. The van der Waals surface area contributed by atoms with E-state index in [0.29, 0.717) is 12.8 Å². The number of unbranched alkanes of at least 4 members (excludes halogenated alkanes) is 14. The Morgan fingerprint density at radius 1 is 0.500 bits per heavy atom. The highest BCUT2D eigenvalue weighted by atomic mass is 16.7. The van der Waals surface area contributed by atoms with Crippen molar-refractivity contribution < 1.29 is 38.1 Å². The van der Waals surface area contributed by atoms with Gasteiger partial charge in [-0.2, -0.15) is 0 Å². The van der Waals surface area contributed by atoms with Gasteiger partial charge in [0.05, 0.1) is 24.3 Å². The monoisotopic (exact) mass is 534 g/mol. The summed E-state index contributed by atoms with van der Waals surface area (Å²) >= 11 is 0. The maximum absolute atomic E-state index is 12.4. The SMILES string of the molecule is CCCCCCCCCCOC(=O)OC(=O)c1ccccc1C(=O)OC(=O)OCCCCCCCCCC. The van der Waals surface area contributed by atoms with Gasteiger partial charge in [0.15, 0.2) is 0 Å². The third-order valence-corrected chi connectivity index (χ3v) is 6.15. The smallest absolute Gasteiger partial charge is 0.434 e. The lowest BCUT2D eigenvalue weighted by molar-refractivity contribution is 0.0334. The van der Waals surface area contributed by atoms with Gasteiger partial charge in [0.25, 0.3) is 0 Å². The first-order valence-electron chi connectivity index (χ1n) is 14.4. The van der Waals surface area contributed by atoms with Gasteiger partial charge in [-0.1, -0.05) is 116 Å². The zero-order valence-electron chi connectivity index (χ0n) is 23.3. The molecule has 38 heavy (non-hydrogen) atoms. The molecule has 1 aromatic carbocycles. The van der Waals surface area contributed by atoms with E-state index in [2.05, 4.69) is 13.8 Å². The minimum absolute atomic E-state index is 0.148. The number of esters is 2. The fraction of sp³-hybridized carbons (Fsp3) is 0.667. The molecular formula is C30H46O8. The van der Waals surface area contributed by atoms with Gasteiger partial charge in [0.2, 0.25) is 0 Å². The van der Waals surface area contributed by atoms with Crippen LogP contribution in [0, 0.1) is 0 Å². The maximum atomic E-state index is 12.4. The zero-order valence-corrected chi connectivity index (χ0v) is 23.3. The van der Waals surface area contributed by atoms with E-state index in [4.69, 9.17) is 18.9 Å². The Morgan fingerprint density at radius 2 is 0.816 bits per heavy atom. The van der Waals surface area contributed by atoms with Gasteiger partial charge in [0.1, 0.15) is 0 Å². The fourth-order valence-corrected chi connectivity index (χ4v) is 3.94. The van der Waals surface area contributed by atoms with Crippen molar-refractivity contribution in [3.8, 4) is 0 Å². The van der Waals surface area contributed by atoms with Crippen LogP contribution in [0.4, 0.5) is 9.59 Å². The third-order valence-electron chi connectivity index (χ3n) is 6.15. The second-order valence-corrected chi connectivity index (χ2v) is 9.47. The summed E-state index contributed by atoms with van der Waals surface area (Å²) in [6.07, 6.45) is 15.3. The molecule has 214 valence electrons. The molecule has 0 heterocycles. The Hall–Kier alpha value is -2.90. The molecule has 0 saturated heterocycles. The first kappa shape index (κ1) is 33.1. The number of ether oxygens (including phenoxy) is 4. The Kier molecular flexibility index (Phi) is 19.3. The molecule has 0 amide bonds. The van der Waals surface area contributed by atoms with E-state index < -0.39 is 24.2 Å². The van der Waals surface area contributed by atoms with E-state index >= 15 is 0 Å². The summed E-state index contributed by atoms with van der Waals surface area (Å²) < 4.78 is 19.4. The van der Waals surface area contributed by atoms with Crippen LogP contribution in [0.25, 0.3) is 0 Å². The molecule has 0 fully saturated rings. The minimum atomic E-state index is -1.13. The van der Waals surface area contributed by atoms with Gasteiger partial charge < -0.3 is 18.9 Å². The van der Waals surface area contributed by atoms with Crippen LogP contribution in [0.15, 0.2) is 24.3 Å². The van der Waals surface area contributed by atoms with E-state index in [0.717, 1.165) is 38.5 Å². The van der Waals surface area contributed by atoms with Crippen LogP contribution in [-0.2, 0) is 18.9 Å². The molecule has 0 unspecified atom stereocenters. The molecule has 0 aliphatic rings. The normalized spacial score (nSPS) is 10.6. The Labute approximate surface area is 227 Å². The van der Waals surface area contributed by atoms with Crippen LogP contribution >= 0.6 is 0 Å². The Bertz CT molecular complexity index is 753. The molecule has 0 saturated carbocycles. The quantitative estimate of drug-likeness (QED) is 0.0930. The minimum Gasteiger partial charge on any atom is -0.434 e. The lowest BCUT2D eigenvalue weighted by atomic mass is 10.1. The highest BCUT2D eigenvalue weighted by molar-refractivity contribution is 6.06. The summed E-state index contributed by atoms with van der Waals surface area (Å²) in [6.45, 7) is 4.66. The first-order chi connectivity index (χ1) is 18.5. The van der Waals surface area contributed by atoms with Gasteiger partial charge in [-0.25, -0.2) is 19.2 Å². The Morgan fingerprint density at radius 3 is 1.16 bits per heavy atom. The van der Waals surface area contributed by atoms with Gasteiger partial charge in [-0.3, -0.25) is 0 Å². The third kappa shape index (κ3) is 16.0. The van der Waals surface area contributed by atoms with E-state index in [-0.39, 0.29) is 24.3 Å². The number of carbonyl (C=O) groups excluding carboxylic acids is 4. The van der Waals surface area contributed by atoms with Crippen LogP contribution < -0.4 is 0 Å². The van der Waals surface area contributed by atoms with Crippen LogP contribution in [0.5, 0.6) is 0 Å². The number of hydrogen-bond donors (Lipinski definition) is 0. The van der Waals surface area contributed by atoms with Crippen molar-refractivity contribution in [1.82, 2.24) is 0 Å². The standard InChI is InChI=1S/C30H46O8/c1-3-5-7-9-11-13-15-19-23-35-29(33)37-27(31)25-21-17-18-22-26(25)28(32)38-30(34)36-24-20-16-14-12-10-8-6-4-2/h17-18,21-22H,3-16,19-20,23-24H2,1-2H3. The van der Waals surface area contributed by atoms with Crippen molar-refractivity contribution in [1.29, 1.82) is 0 Å². The molecule has 0 aliphatic heterocycles. The van der Waals surface area contributed by atoms with Crippen LogP contribution in [-0.4, -0.2) is 37.5 Å². The number of carbonyl (C=O) groups is 4. The maximum Gasteiger partial charge on any atom is 0.516 e. The summed E-state index contributed by atoms with van der Waals surface area (Å²) in [4.78, 5) is 48.7. The van der Waals surface area contributed by atoms with Crippen molar-refractivity contribution in [2.45, 2.75) is 117 Å². The molecule has 0 aromatic heterocycles. The lowest BCUT2D eigenvalue weighted by Crippen LogP contribution is -2.20. The number of benzene rings is 1. The summed E-state index contributed by atoms with van der Waals surface area (Å²) in [5.74, 6) is -2.13. The van der Waals surface area contributed by atoms with Gasteiger partial charge >= 0.3 is 24.2 Å². The molecule has 0 radical (unpaired) electrons. The van der Waals surface area contributed by atoms with Crippen molar-refractivity contribution in [2.75, 3.05) is 13.2 Å². The molecule has 8 heteroatoms. The summed E-state index contributed by atoms with van der Waals surface area (Å²) in [7, 11) is 0. The highest BCUT2D eigenvalue weighted by Gasteiger charge is 2.24. The van der Waals surface area contributed by atoms with Crippen LogP contribution in [0.1, 0.15) is 137 Å². The number of hydrogen-bond acceptors (Lipinski definition) is 8. The molecular weight excluding hydrogens is 488 g/mol. The predicted octanol–water partition coefficient (Wildman–Crippen LogP) is 8.55. The molecule has 1 rings (SSSR count). The van der Waals surface area contributed by atoms with E-state index in [1.807, 2.05) is 0 Å². The molecule has 0 aliphatic carbocycles. The van der Waals surface area contributed by atoms with Crippen molar-refractivity contribution in [3.63, 3.8) is 0 Å². The topological polar surface area (TPSA) is 105 Å². The molecule has 1 aromatic rings. The first-order valence-corrected chi connectivity index (χ1v) is 14.4. The molecule has 0 atom stereocenters. The van der Waals surface area contributed by atoms with Crippen molar-refractivity contribution in [3.05, 3.63) is 35.4 Å². The average molecular weight is 535 g/mol. The highest BCUT2D eigenvalue weighted by Crippen LogP contribution is 2.14. The van der Waals surface area contributed by atoms with Gasteiger partial charge in [-0.05, 0) is 25.0 Å².